The zero-order chi connectivity index (χ0) is 23.8. The third-order valence-corrected chi connectivity index (χ3v) is 5.93. The summed E-state index contributed by atoms with van der Waals surface area (Å²) in [5, 5.41) is 6.64. The third-order valence-electron chi connectivity index (χ3n) is 4.78. The average Bonchev–Trinajstić information content (AvgIpc) is 2.77. The Kier molecular flexibility index (Phi) is 8.79. The number of nitrogens with zero attached hydrogens (tertiary/aromatic N) is 1. The first-order chi connectivity index (χ1) is 15.8. The van der Waals surface area contributed by atoms with Crippen LogP contribution in [0.3, 0.4) is 0 Å². The molecule has 0 fully saturated rings. The fourth-order valence-electron chi connectivity index (χ4n) is 2.84. The number of aryl methyl sites for hydroxylation is 2. The molecule has 0 radical (unpaired) electrons. The predicted molar refractivity (Wildman–Crippen MR) is 138 cm³/mol. The van der Waals surface area contributed by atoms with Crippen LogP contribution < -0.4 is 15.5 Å². The van der Waals surface area contributed by atoms with E-state index in [9.17, 15) is 9.59 Å². The lowest BCUT2D eigenvalue weighted by Crippen LogP contribution is -2.24. The van der Waals surface area contributed by atoms with Gasteiger partial charge in [-0.3, -0.25) is 9.59 Å². The van der Waals surface area contributed by atoms with Gasteiger partial charge < -0.3 is 10.1 Å². The van der Waals surface area contributed by atoms with Crippen molar-refractivity contribution in [3.63, 3.8) is 0 Å². The van der Waals surface area contributed by atoms with Gasteiger partial charge in [-0.2, -0.15) is 5.10 Å². The highest BCUT2D eigenvalue weighted by molar-refractivity contribution is 9.10. The molecule has 0 saturated carbocycles. The molecular weight excluding hydrogens is 550 g/mol. The van der Waals surface area contributed by atoms with Crippen LogP contribution in [-0.2, 0) is 16.2 Å². The molecular formula is C25H23Br2N3O3. The molecule has 2 N–H and O–H groups in total. The Bertz CT molecular complexity index is 1180. The van der Waals surface area contributed by atoms with Gasteiger partial charge in [0.2, 0.25) is 11.8 Å². The summed E-state index contributed by atoms with van der Waals surface area (Å²) < 4.78 is 7.63. The molecule has 0 aliphatic carbocycles. The molecule has 0 unspecified atom stereocenters. The van der Waals surface area contributed by atoms with Gasteiger partial charge in [-0.1, -0.05) is 34.1 Å². The largest absolute Gasteiger partial charge is 0.488 e. The molecule has 3 rings (SSSR count). The van der Waals surface area contributed by atoms with E-state index in [1.165, 1.54) is 6.21 Å². The summed E-state index contributed by atoms with van der Waals surface area (Å²) in [6.45, 7) is 4.40. The third kappa shape index (κ3) is 7.83. The van der Waals surface area contributed by atoms with E-state index in [0.717, 1.165) is 31.2 Å². The molecule has 0 aromatic heterocycles. The number of halogens is 2. The highest BCUT2D eigenvalue weighted by Crippen LogP contribution is 2.26. The van der Waals surface area contributed by atoms with Crippen molar-refractivity contribution >= 4 is 55.6 Å². The summed E-state index contributed by atoms with van der Waals surface area (Å²) in [5.41, 5.74) is 7.05. The van der Waals surface area contributed by atoms with Crippen molar-refractivity contribution in [2.45, 2.75) is 26.9 Å². The first kappa shape index (κ1) is 24.7. The maximum absolute atomic E-state index is 12.1. The lowest BCUT2D eigenvalue weighted by Gasteiger charge is -2.09. The number of hydrazone groups is 1. The number of carbonyl (C=O) groups excluding carboxylic acids is 2. The Hall–Kier alpha value is -2.97. The first-order valence-electron chi connectivity index (χ1n) is 10.2. The number of nitrogens with one attached hydrogen (secondary N) is 2. The molecule has 6 nitrogen and oxygen atoms in total. The van der Waals surface area contributed by atoms with Crippen molar-refractivity contribution in [1.82, 2.24) is 5.43 Å². The van der Waals surface area contributed by atoms with Crippen LogP contribution in [0.5, 0.6) is 5.75 Å². The Morgan fingerprint density at radius 3 is 2.39 bits per heavy atom. The smallest absolute Gasteiger partial charge is 0.249 e. The summed E-state index contributed by atoms with van der Waals surface area (Å²) in [6.07, 6.45) is 1.18. The number of amides is 2. The maximum Gasteiger partial charge on any atom is 0.249 e. The predicted octanol–water partition coefficient (Wildman–Crippen LogP) is 5.89. The van der Waals surface area contributed by atoms with Crippen molar-refractivity contribution in [3.8, 4) is 5.75 Å². The normalized spacial score (nSPS) is 10.8. The van der Waals surface area contributed by atoms with Gasteiger partial charge in [0.1, 0.15) is 18.8 Å². The maximum atomic E-state index is 12.1. The number of carbonyl (C=O) groups is 2. The highest BCUT2D eigenvalue weighted by atomic mass is 79.9. The van der Waals surface area contributed by atoms with Crippen molar-refractivity contribution in [3.05, 3.63) is 91.9 Å². The Morgan fingerprint density at radius 2 is 1.70 bits per heavy atom. The van der Waals surface area contributed by atoms with Crippen LogP contribution in [0.4, 0.5) is 5.69 Å². The lowest BCUT2D eigenvalue weighted by molar-refractivity contribution is -0.126. The van der Waals surface area contributed by atoms with Gasteiger partial charge in [0.25, 0.3) is 0 Å². The molecule has 2 amide bonds. The Morgan fingerprint density at radius 1 is 0.939 bits per heavy atom. The molecule has 0 atom stereocenters. The van der Waals surface area contributed by atoms with Crippen molar-refractivity contribution in [2.75, 3.05) is 5.32 Å². The molecule has 3 aromatic rings. The molecule has 0 spiro atoms. The fraction of sp³-hybridized carbons (Fsp3) is 0.160. The minimum absolute atomic E-state index is 0.323. The summed E-state index contributed by atoms with van der Waals surface area (Å²) in [4.78, 5) is 24.1. The number of ether oxygens (including phenoxy) is 1. The quantitative estimate of drug-likeness (QED) is 0.201. The SMILES string of the molecule is Cc1ccc(NC(=O)CC(=O)NN=Cc2ccc(OCc3ccc(Br)cc3)c(Br)c2)cc1C. The van der Waals surface area contributed by atoms with Crippen LogP contribution in [0, 0.1) is 13.8 Å². The van der Waals surface area contributed by atoms with Gasteiger partial charge in [0.05, 0.1) is 10.7 Å². The van der Waals surface area contributed by atoms with Crippen molar-refractivity contribution < 1.29 is 14.3 Å². The molecule has 170 valence electrons. The van der Waals surface area contributed by atoms with E-state index in [0.29, 0.717) is 18.0 Å². The monoisotopic (exact) mass is 571 g/mol. The van der Waals surface area contributed by atoms with E-state index in [1.807, 2.05) is 68.4 Å². The molecule has 0 bridgehead atoms. The molecule has 0 aliphatic heterocycles. The van der Waals surface area contributed by atoms with E-state index in [1.54, 1.807) is 6.07 Å². The first-order valence-corrected chi connectivity index (χ1v) is 11.7. The van der Waals surface area contributed by atoms with E-state index in [4.69, 9.17) is 4.74 Å². The van der Waals surface area contributed by atoms with Crippen LogP contribution in [0.25, 0.3) is 0 Å². The molecule has 0 saturated heterocycles. The van der Waals surface area contributed by atoms with Crippen LogP contribution in [0.2, 0.25) is 0 Å². The highest BCUT2D eigenvalue weighted by Gasteiger charge is 2.09. The minimum atomic E-state index is -0.499. The van der Waals surface area contributed by atoms with Gasteiger partial charge >= 0.3 is 0 Å². The summed E-state index contributed by atoms with van der Waals surface area (Å²) in [5.74, 6) is -0.204. The zero-order valence-electron chi connectivity index (χ0n) is 18.2. The molecule has 33 heavy (non-hydrogen) atoms. The fourth-order valence-corrected chi connectivity index (χ4v) is 3.62. The second-order valence-corrected chi connectivity index (χ2v) is 9.19. The van der Waals surface area contributed by atoms with Gasteiger partial charge in [-0.25, -0.2) is 5.43 Å². The number of rotatable bonds is 8. The standard InChI is InChI=1S/C25H23Br2N3O3/c1-16-3-9-21(11-17(16)2)29-24(31)13-25(32)30-28-14-19-6-10-23(22(27)12-19)33-15-18-4-7-20(26)8-5-18/h3-12,14H,13,15H2,1-2H3,(H,29,31)(H,30,32). The molecule has 0 heterocycles. The van der Waals surface area contributed by atoms with Crippen LogP contribution in [0.1, 0.15) is 28.7 Å². The lowest BCUT2D eigenvalue weighted by atomic mass is 10.1. The van der Waals surface area contributed by atoms with Crippen LogP contribution in [0.15, 0.2) is 74.7 Å². The Labute approximate surface area is 209 Å². The van der Waals surface area contributed by atoms with Crippen molar-refractivity contribution in [1.29, 1.82) is 0 Å². The average molecular weight is 573 g/mol. The number of hydrogen-bond acceptors (Lipinski definition) is 4. The number of hydrogen-bond donors (Lipinski definition) is 2. The molecule has 0 aliphatic rings. The van der Waals surface area contributed by atoms with Gasteiger partial charge in [-0.05, 0) is 94.5 Å². The van der Waals surface area contributed by atoms with E-state index < -0.39 is 11.8 Å². The summed E-state index contributed by atoms with van der Waals surface area (Å²) in [6, 6.07) is 19.0. The number of benzene rings is 3. The summed E-state index contributed by atoms with van der Waals surface area (Å²) >= 11 is 6.91. The Balaban J connectivity index is 1.47. The van der Waals surface area contributed by atoms with Crippen LogP contribution in [-0.4, -0.2) is 18.0 Å². The van der Waals surface area contributed by atoms with E-state index in [2.05, 4.69) is 47.7 Å². The van der Waals surface area contributed by atoms with Crippen LogP contribution >= 0.6 is 31.9 Å². The van der Waals surface area contributed by atoms with E-state index >= 15 is 0 Å². The second-order valence-electron chi connectivity index (χ2n) is 7.42. The van der Waals surface area contributed by atoms with Crippen molar-refractivity contribution in [2.24, 2.45) is 5.10 Å². The second kappa shape index (κ2) is 11.8. The van der Waals surface area contributed by atoms with Gasteiger partial charge in [-0.15, -0.1) is 0 Å². The topological polar surface area (TPSA) is 79.8 Å². The van der Waals surface area contributed by atoms with E-state index in [-0.39, 0.29) is 6.42 Å². The minimum Gasteiger partial charge on any atom is -0.488 e. The zero-order valence-corrected chi connectivity index (χ0v) is 21.4. The molecule has 3 aromatic carbocycles. The van der Waals surface area contributed by atoms with Gasteiger partial charge in [0.15, 0.2) is 0 Å². The number of anilines is 1. The summed E-state index contributed by atoms with van der Waals surface area (Å²) in [7, 11) is 0. The molecule has 8 heteroatoms. The van der Waals surface area contributed by atoms with Gasteiger partial charge in [0, 0.05) is 10.2 Å².